The predicted octanol–water partition coefficient (Wildman–Crippen LogP) is 2.05. The van der Waals surface area contributed by atoms with Crippen molar-refractivity contribution < 1.29 is 14.3 Å². The first-order valence-electron chi connectivity index (χ1n) is 7.32. The zero-order chi connectivity index (χ0) is 17.1. The van der Waals surface area contributed by atoms with Gasteiger partial charge in [-0.25, -0.2) is 4.79 Å². The van der Waals surface area contributed by atoms with E-state index in [1.807, 2.05) is 6.07 Å². The van der Waals surface area contributed by atoms with Gasteiger partial charge >= 0.3 is 5.69 Å². The van der Waals surface area contributed by atoms with Gasteiger partial charge in [-0.1, -0.05) is 6.07 Å². The van der Waals surface area contributed by atoms with Crippen LogP contribution in [0, 0.1) is 0 Å². The summed E-state index contributed by atoms with van der Waals surface area (Å²) in [6.07, 6.45) is 0.196. The molecule has 0 spiro atoms. The fourth-order valence-electron chi connectivity index (χ4n) is 2.49. The Bertz CT molecular complexity index is 942. The molecule has 3 rings (SSSR count). The van der Waals surface area contributed by atoms with Crippen molar-refractivity contribution in [1.82, 2.24) is 9.97 Å². The first-order chi connectivity index (χ1) is 11.6. The quantitative estimate of drug-likeness (QED) is 0.668. The Morgan fingerprint density at radius 2 is 1.75 bits per heavy atom. The minimum absolute atomic E-state index is 0.167. The topological polar surface area (TPSA) is 96.2 Å². The molecule has 0 bridgehead atoms. The van der Waals surface area contributed by atoms with E-state index in [9.17, 15) is 9.59 Å². The maximum Gasteiger partial charge on any atom is 0.323 e. The number of carbonyl (C=O) groups is 1. The van der Waals surface area contributed by atoms with Crippen molar-refractivity contribution >= 4 is 22.6 Å². The minimum atomic E-state index is -0.279. The normalized spacial score (nSPS) is 10.6. The molecule has 2 aromatic carbocycles. The largest absolute Gasteiger partial charge is 0.493 e. The lowest BCUT2D eigenvalue weighted by molar-refractivity contribution is -0.115. The van der Waals surface area contributed by atoms with Gasteiger partial charge in [-0.05, 0) is 35.9 Å². The van der Waals surface area contributed by atoms with Gasteiger partial charge in [0, 0.05) is 5.69 Å². The average Bonchev–Trinajstić information content (AvgIpc) is 2.93. The number of fused-ring (bicyclic) bond motifs is 1. The van der Waals surface area contributed by atoms with E-state index in [0.717, 1.165) is 5.56 Å². The molecule has 0 aliphatic carbocycles. The van der Waals surface area contributed by atoms with Crippen molar-refractivity contribution in [3.63, 3.8) is 0 Å². The van der Waals surface area contributed by atoms with Gasteiger partial charge in [0.1, 0.15) is 0 Å². The number of imidazole rings is 1. The molecule has 0 fully saturated rings. The summed E-state index contributed by atoms with van der Waals surface area (Å²) in [7, 11) is 3.11. The lowest BCUT2D eigenvalue weighted by atomic mass is 10.1. The van der Waals surface area contributed by atoms with E-state index in [1.165, 1.54) is 0 Å². The van der Waals surface area contributed by atoms with Crippen molar-refractivity contribution in [2.24, 2.45) is 0 Å². The minimum Gasteiger partial charge on any atom is -0.493 e. The smallest absolute Gasteiger partial charge is 0.323 e. The number of amides is 1. The third-order valence-corrected chi connectivity index (χ3v) is 3.61. The van der Waals surface area contributed by atoms with Crippen LogP contribution in [0.25, 0.3) is 11.0 Å². The molecule has 1 heterocycles. The second kappa shape index (κ2) is 6.49. The molecule has 0 saturated carbocycles. The van der Waals surface area contributed by atoms with Crippen LogP contribution in [0.3, 0.4) is 0 Å². The van der Waals surface area contributed by atoms with Crippen LogP contribution >= 0.6 is 0 Å². The van der Waals surface area contributed by atoms with Crippen molar-refractivity contribution in [3.05, 3.63) is 52.4 Å². The first-order valence-corrected chi connectivity index (χ1v) is 7.32. The molecule has 0 atom stereocenters. The van der Waals surface area contributed by atoms with Crippen LogP contribution in [0.2, 0.25) is 0 Å². The maximum absolute atomic E-state index is 12.2. The van der Waals surface area contributed by atoms with Gasteiger partial charge < -0.3 is 24.8 Å². The molecule has 7 nitrogen and oxygen atoms in total. The number of ether oxygens (including phenoxy) is 2. The Balaban J connectivity index is 1.73. The Morgan fingerprint density at radius 1 is 1.00 bits per heavy atom. The number of aromatic nitrogens is 2. The van der Waals surface area contributed by atoms with Gasteiger partial charge in [0.15, 0.2) is 11.5 Å². The highest BCUT2D eigenvalue weighted by Crippen LogP contribution is 2.27. The molecule has 24 heavy (non-hydrogen) atoms. The molecule has 0 radical (unpaired) electrons. The van der Waals surface area contributed by atoms with E-state index in [2.05, 4.69) is 15.3 Å². The van der Waals surface area contributed by atoms with Crippen LogP contribution in [0.1, 0.15) is 5.56 Å². The molecular weight excluding hydrogens is 310 g/mol. The number of benzene rings is 2. The second-order valence-electron chi connectivity index (χ2n) is 5.25. The summed E-state index contributed by atoms with van der Waals surface area (Å²) in [5.41, 5.74) is 2.48. The lowest BCUT2D eigenvalue weighted by Gasteiger charge is -2.10. The summed E-state index contributed by atoms with van der Waals surface area (Å²) in [5, 5.41) is 2.81. The number of carbonyl (C=O) groups excluding carboxylic acids is 1. The molecular formula is C17H17N3O4. The van der Waals surface area contributed by atoms with Crippen LogP contribution in [0.5, 0.6) is 11.5 Å². The lowest BCUT2D eigenvalue weighted by Crippen LogP contribution is -2.14. The summed E-state index contributed by atoms with van der Waals surface area (Å²) in [6, 6.07) is 10.5. The van der Waals surface area contributed by atoms with Gasteiger partial charge in [-0.2, -0.15) is 0 Å². The second-order valence-corrected chi connectivity index (χ2v) is 5.25. The predicted molar refractivity (Wildman–Crippen MR) is 90.8 cm³/mol. The monoisotopic (exact) mass is 327 g/mol. The van der Waals surface area contributed by atoms with Gasteiger partial charge in [0.05, 0.1) is 31.7 Å². The zero-order valence-corrected chi connectivity index (χ0v) is 13.3. The Hall–Kier alpha value is -3.22. The molecule has 124 valence electrons. The van der Waals surface area contributed by atoms with Crippen molar-refractivity contribution in [3.8, 4) is 11.5 Å². The first kappa shape index (κ1) is 15.7. The van der Waals surface area contributed by atoms with Gasteiger partial charge in [-0.3, -0.25) is 4.79 Å². The highest BCUT2D eigenvalue weighted by molar-refractivity contribution is 5.94. The molecule has 7 heteroatoms. The number of hydrogen-bond donors (Lipinski definition) is 3. The highest BCUT2D eigenvalue weighted by atomic mass is 16.5. The maximum atomic E-state index is 12.2. The fourth-order valence-corrected chi connectivity index (χ4v) is 2.49. The summed E-state index contributed by atoms with van der Waals surface area (Å²) in [4.78, 5) is 28.8. The number of nitrogens with one attached hydrogen (secondary N) is 3. The number of anilines is 1. The molecule has 3 aromatic rings. The van der Waals surface area contributed by atoms with E-state index in [4.69, 9.17) is 9.47 Å². The van der Waals surface area contributed by atoms with Crippen LogP contribution in [0.4, 0.5) is 5.69 Å². The number of H-pyrrole nitrogens is 2. The average molecular weight is 327 g/mol. The third kappa shape index (κ3) is 3.24. The van der Waals surface area contributed by atoms with E-state index in [0.29, 0.717) is 28.2 Å². The van der Waals surface area contributed by atoms with Gasteiger partial charge in [-0.15, -0.1) is 0 Å². The van der Waals surface area contributed by atoms with Crippen LogP contribution in [0.15, 0.2) is 41.2 Å². The van der Waals surface area contributed by atoms with E-state index in [-0.39, 0.29) is 18.0 Å². The summed E-state index contributed by atoms with van der Waals surface area (Å²) in [5.74, 6) is 1.03. The number of methoxy groups -OCH3 is 2. The number of rotatable bonds is 5. The molecule has 0 aliphatic rings. The van der Waals surface area contributed by atoms with Gasteiger partial charge in [0.25, 0.3) is 0 Å². The molecule has 0 aliphatic heterocycles. The summed E-state index contributed by atoms with van der Waals surface area (Å²) < 4.78 is 10.4. The van der Waals surface area contributed by atoms with E-state index < -0.39 is 0 Å². The number of hydrogen-bond acceptors (Lipinski definition) is 4. The van der Waals surface area contributed by atoms with Crippen molar-refractivity contribution in [2.45, 2.75) is 6.42 Å². The molecule has 1 aromatic heterocycles. The fraction of sp³-hybridized carbons (Fsp3) is 0.176. The Kier molecular flexibility index (Phi) is 4.24. The van der Waals surface area contributed by atoms with E-state index in [1.54, 1.807) is 44.6 Å². The third-order valence-electron chi connectivity index (χ3n) is 3.61. The molecule has 1 amide bonds. The van der Waals surface area contributed by atoms with Crippen LogP contribution < -0.4 is 20.5 Å². The number of aromatic amines is 2. The van der Waals surface area contributed by atoms with Crippen molar-refractivity contribution in [2.75, 3.05) is 19.5 Å². The highest BCUT2D eigenvalue weighted by Gasteiger charge is 2.09. The SMILES string of the molecule is COc1ccc(CC(=O)Nc2ccc3[nH]c(=O)[nH]c3c2)cc1OC. The van der Waals surface area contributed by atoms with Crippen LogP contribution in [-0.4, -0.2) is 30.1 Å². The summed E-state index contributed by atoms with van der Waals surface area (Å²) in [6.45, 7) is 0. The molecule has 3 N–H and O–H groups in total. The Labute approximate surface area is 137 Å². The zero-order valence-electron chi connectivity index (χ0n) is 13.3. The summed E-state index contributed by atoms with van der Waals surface area (Å²) >= 11 is 0. The van der Waals surface area contributed by atoms with Gasteiger partial charge in [0.2, 0.25) is 5.91 Å². The Morgan fingerprint density at radius 3 is 2.50 bits per heavy atom. The van der Waals surface area contributed by atoms with E-state index >= 15 is 0 Å². The molecule has 0 unspecified atom stereocenters. The van der Waals surface area contributed by atoms with Crippen molar-refractivity contribution in [1.29, 1.82) is 0 Å². The van der Waals surface area contributed by atoms with Crippen LogP contribution in [-0.2, 0) is 11.2 Å². The standard InChI is InChI=1S/C17H17N3O4/c1-23-14-6-3-10(7-15(14)24-2)8-16(21)18-11-4-5-12-13(9-11)20-17(22)19-12/h3-7,9H,8H2,1-2H3,(H,18,21)(H2,19,20,22). The molecule has 0 saturated heterocycles.